The van der Waals surface area contributed by atoms with Crippen LogP contribution in [0.4, 0.5) is 11.9 Å². The van der Waals surface area contributed by atoms with Crippen molar-refractivity contribution < 1.29 is 46.5 Å². The number of rotatable bonds is 3. The number of phosphoric acid groups is 2. The van der Waals surface area contributed by atoms with E-state index in [2.05, 4.69) is 35.3 Å². The Morgan fingerprint density at radius 3 is 2.46 bits per heavy atom. The highest BCUT2D eigenvalue weighted by Crippen LogP contribution is 2.55. The number of aromatic amines is 1. The summed E-state index contributed by atoms with van der Waals surface area (Å²) in [5.74, 6) is -1.12. The smallest absolute Gasteiger partial charge is 0.369 e. The Labute approximate surface area is 258 Å². The molecule has 0 saturated carbocycles. The monoisotopic (exact) mass is 684 g/mol. The second-order valence-corrected chi connectivity index (χ2v) is 13.9. The first-order valence-corrected chi connectivity index (χ1v) is 17.1. The fourth-order valence-electron chi connectivity index (χ4n) is 6.01. The van der Waals surface area contributed by atoms with Gasteiger partial charge in [0.2, 0.25) is 11.9 Å². The molecule has 248 valence electrons. The van der Waals surface area contributed by atoms with Crippen LogP contribution in [-0.2, 0) is 36.7 Å². The fraction of sp³-hybridized carbons (Fsp3) is 0.565. The molecule has 3 aliphatic rings. The Kier molecular flexibility index (Phi) is 7.75. The molecule has 4 aromatic rings. The number of hydrogen-bond donors (Lipinski definition) is 5. The van der Waals surface area contributed by atoms with E-state index < -0.39 is 83.0 Å². The maximum Gasteiger partial charge on any atom is 0.472 e. The summed E-state index contributed by atoms with van der Waals surface area (Å²) < 4.78 is 63.9. The lowest BCUT2D eigenvalue weighted by molar-refractivity contribution is -0.0625. The van der Waals surface area contributed by atoms with Crippen LogP contribution in [0.3, 0.4) is 0 Å². The summed E-state index contributed by atoms with van der Waals surface area (Å²) >= 11 is 0. The molecule has 0 radical (unpaired) electrons. The Bertz CT molecular complexity index is 1950. The zero-order chi connectivity index (χ0) is 32.5. The van der Waals surface area contributed by atoms with Crippen molar-refractivity contribution in [1.82, 2.24) is 39.1 Å². The van der Waals surface area contributed by atoms with Gasteiger partial charge in [0, 0.05) is 24.4 Å². The molecule has 0 amide bonds. The summed E-state index contributed by atoms with van der Waals surface area (Å²) in [6.45, 7) is 2.29. The summed E-state index contributed by atoms with van der Waals surface area (Å²) in [6, 6.07) is 0. The highest BCUT2D eigenvalue weighted by molar-refractivity contribution is 7.47. The van der Waals surface area contributed by atoms with Crippen molar-refractivity contribution in [1.29, 1.82) is 0 Å². The number of H-pyrrole nitrogens is 1. The largest absolute Gasteiger partial charge is 0.472 e. The van der Waals surface area contributed by atoms with E-state index >= 15 is 0 Å². The van der Waals surface area contributed by atoms with Crippen molar-refractivity contribution >= 4 is 44.4 Å². The normalized spacial score (nSPS) is 37.1. The Balaban J connectivity index is 1.20. The van der Waals surface area contributed by atoms with Gasteiger partial charge in [-0.3, -0.25) is 32.4 Å². The summed E-state index contributed by atoms with van der Waals surface area (Å²) in [5, 5.41) is 7.23. The Morgan fingerprint density at radius 2 is 1.72 bits per heavy atom. The zero-order valence-corrected chi connectivity index (χ0v) is 26.2. The van der Waals surface area contributed by atoms with E-state index in [0.29, 0.717) is 17.2 Å². The number of nitrogen functional groups attached to an aromatic ring is 1. The lowest BCUT2D eigenvalue weighted by atomic mass is 9.95. The average molecular weight is 684 g/mol. The lowest BCUT2D eigenvalue weighted by Crippen LogP contribution is -2.32. The minimum Gasteiger partial charge on any atom is -0.369 e. The lowest BCUT2D eigenvalue weighted by Gasteiger charge is -2.26. The summed E-state index contributed by atoms with van der Waals surface area (Å²) in [7, 11) is -7.98. The van der Waals surface area contributed by atoms with Crippen LogP contribution in [-0.4, -0.2) is 93.6 Å². The van der Waals surface area contributed by atoms with E-state index in [-0.39, 0.29) is 17.1 Å². The van der Waals surface area contributed by atoms with Crippen LogP contribution in [0.2, 0.25) is 0 Å². The molecule has 2 bridgehead atoms. The molecule has 3 saturated heterocycles. The van der Waals surface area contributed by atoms with E-state index in [1.807, 2.05) is 0 Å². The van der Waals surface area contributed by atoms with E-state index in [4.69, 9.17) is 33.3 Å². The number of hydrogen-bond acceptors (Lipinski definition) is 16. The van der Waals surface area contributed by atoms with Crippen molar-refractivity contribution in [2.24, 2.45) is 11.8 Å². The van der Waals surface area contributed by atoms with E-state index in [1.165, 1.54) is 27.9 Å². The topological polar surface area (TPSA) is 275 Å². The molecule has 23 heteroatoms. The minimum absolute atomic E-state index is 0.0154. The molecule has 7 rings (SSSR count). The van der Waals surface area contributed by atoms with Crippen LogP contribution in [0.5, 0.6) is 0 Å². The molecule has 7 heterocycles. The second kappa shape index (κ2) is 11.4. The van der Waals surface area contributed by atoms with Crippen LogP contribution in [0.1, 0.15) is 31.7 Å². The summed E-state index contributed by atoms with van der Waals surface area (Å²) in [5.41, 5.74) is 5.99. The number of phosphoric ester groups is 2. The molecule has 4 aromatic heterocycles. The molecule has 3 fully saturated rings. The number of imidazole rings is 1. The predicted molar refractivity (Wildman–Crippen MR) is 154 cm³/mol. The molecule has 0 aromatic carbocycles. The number of fused-ring (bicyclic) bond motifs is 5. The zero-order valence-electron chi connectivity index (χ0n) is 24.4. The molecule has 10 unspecified atom stereocenters. The number of nitrogens with two attached hydrogens (primary N) is 1. The number of nitrogens with one attached hydrogen (secondary N) is 2. The number of anilines is 2. The van der Waals surface area contributed by atoms with Gasteiger partial charge in [-0.15, -0.1) is 0 Å². The Morgan fingerprint density at radius 1 is 1.00 bits per heavy atom. The Hall–Kier alpha value is -3.36. The van der Waals surface area contributed by atoms with Gasteiger partial charge in [-0.1, -0.05) is 13.8 Å². The van der Waals surface area contributed by atoms with Crippen LogP contribution < -0.4 is 16.6 Å². The summed E-state index contributed by atoms with van der Waals surface area (Å²) in [6.07, 6.45) is -2.34. The van der Waals surface area contributed by atoms with Crippen molar-refractivity contribution in [2.45, 2.75) is 50.6 Å². The van der Waals surface area contributed by atoms with Gasteiger partial charge in [0.25, 0.3) is 5.56 Å². The van der Waals surface area contributed by atoms with Crippen LogP contribution in [0.25, 0.3) is 16.8 Å². The first-order valence-electron chi connectivity index (χ1n) is 14.1. The minimum atomic E-state index is -4.87. The van der Waals surface area contributed by atoms with Crippen molar-refractivity contribution in [3.63, 3.8) is 0 Å². The second-order valence-electron chi connectivity index (χ2n) is 11.1. The molecular weight excluding hydrogens is 654 g/mol. The molecule has 21 nitrogen and oxygen atoms in total. The third kappa shape index (κ3) is 5.41. The van der Waals surface area contributed by atoms with Gasteiger partial charge >= 0.3 is 15.6 Å². The van der Waals surface area contributed by atoms with Crippen molar-refractivity contribution in [3.05, 3.63) is 34.8 Å². The predicted octanol–water partition coefficient (Wildman–Crippen LogP) is 0.509. The molecule has 3 aliphatic heterocycles. The SMILES string of the molecule is CNc1ncnc2c(C3OC4COP(=O)(O)OC5C(C)C(COP(=O)(O)OC4C3C)OC5n3cnc4c(=O)[nH]c(N)nc43)cnn12. The molecule has 6 N–H and O–H groups in total. The quantitative estimate of drug-likeness (QED) is 0.184. The first-order chi connectivity index (χ1) is 21.9. The number of aromatic nitrogens is 8. The van der Waals surface area contributed by atoms with E-state index in [9.17, 15) is 23.7 Å². The third-order valence-electron chi connectivity index (χ3n) is 8.28. The van der Waals surface area contributed by atoms with Gasteiger partial charge in [-0.2, -0.15) is 14.6 Å². The molecule has 46 heavy (non-hydrogen) atoms. The van der Waals surface area contributed by atoms with Crippen molar-refractivity contribution in [2.75, 3.05) is 31.3 Å². The standard InChI is InChI=1S/C23H30N10O11P2/c1-9-12-5-39-45(35,36)43-16-10(2)15(11-4-29-33-18(11)26-7-27-23(33)25-3)41-13(16)6-40-46(37,38)44-17(9)21(42-12)32-8-28-14-19(32)30-22(24)31-20(14)34/h4,7-10,12-13,15-17,21H,5-6H2,1-3H3,(H,35,36)(H,37,38)(H,25,26,27)(H3,24,30,31,34). The van der Waals surface area contributed by atoms with Crippen LogP contribution in [0, 0.1) is 11.8 Å². The molecular formula is C23H30N10O11P2. The van der Waals surface area contributed by atoms with Crippen LogP contribution in [0.15, 0.2) is 23.6 Å². The maximum atomic E-state index is 13.4. The van der Waals surface area contributed by atoms with Crippen LogP contribution >= 0.6 is 15.6 Å². The fourth-order valence-corrected chi connectivity index (χ4v) is 8.04. The van der Waals surface area contributed by atoms with Gasteiger partial charge in [0.05, 0.1) is 37.9 Å². The highest BCUT2D eigenvalue weighted by Gasteiger charge is 2.52. The van der Waals surface area contributed by atoms with Gasteiger partial charge in [0.15, 0.2) is 23.0 Å². The number of ether oxygens (including phenoxy) is 2. The highest BCUT2D eigenvalue weighted by atomic mass is 31.2. The van der Waals surface area contributed by atoms with Crippen molar-refractivity contribution in [3.8, 4) is 0 Å². The first kappa shape index (κ1) is 31.3. The van der Waals surface area contributed by atoms with E-state index in [0.717, 1.165) is 0 Å². The van der Waals surface area contributed by atoms with Gasteiger partial charge in [-0.25, -0.2) is 24.1 Å². The van der Waals surface area contributed by atoms with Gasteiger partial charge < -0.3 is 30.3 Å². The summed E-state index contributed by atoms with van der Waals surface area (Å²) in [4.78, 5) is 53.0. The molecule has 0 aliphatic carbocycles. The molecule has 0 spiro atoms. The molecule has 10 atom stereocenters. The van der Waals surface area contributed by atoms with Gasteiger partial charge in [0.1, 0.15) is 24.6 Å². The maximum absolute atomic E-state index is 13.4. The van der Waals surface area contributed by atoms with E-state index in [1.54, 1.807) is 20.9 Å². The number of nitrogens with zero attached hydrogens (tertiary/aromatic N) is 7. The van der Waals surface area contributed by atoms with Gasteiger partial charge in [-0.05, 0) is 0 Å². The third-order valence-corrected chi connectivity index (χ3v) is 10.3. The average Bonchev–Trinajstić information content (AvgIpc) is 3.76.